The van der Waals surface area contributed by atoms with Crippen molar-refractivity contribution in [1.29, 1.82) is 0 Å². The standard InChI is InChI=1S/C11H13N3O4/c1-3-8-7(15)4-9(18-8)14-5-6(12-2)10(16)13-11(14)17/h5,7-9,15H,3-4H2,1H3,(H,13,16,17)/t7-,8-,9-/m1/s1. The number of hydrogen-bond acceptors (Lipinski definition) is 4. The van der Waals surface area contributed by atoms with E-state index < -0.39 is 23.6 Å². The minimum Gasteiger partial charge on any atom is -0.390 e. The maximum absolute atomic E-state index is 11.6. The van der Waals surface area contributed by atoms with Crippen LogP contribution in [-0.4, -0.2) is 26.9 Å². The van der Waals surface area contributed by atoms with Crippen LogP contribution in [0.3, 0.4) is 0 Å². The average Bonchev–Trinajstić information content (AvgIpc) is 2.70. The number of hydrogen-bond donors (Lipinski definition) is 2. The lowest BCUT2D eigenvalue weighted by Gasteiger charge is -2.14. The zero-order valence-corrected chi connectivity index (χ0v) is 9.79. The molecule has 3 atom stereocenters. The molecule has 0 aromatic carbocycles. The number of H-pyrrole nitrogens is 1. The number of aliphatic hydroxyl groups excluding tert-OH is 1. The van der Waals surface area contributed by atoms with Crippen molar-refractivity contribution in [3.8, 4) is 0 Å². The topological polar surface area (TPSA) is 88.7 Å². The summed E-state index contributed by atoms with van der Waals surface area (Å²) in [6, 6.07) is 0. The minimum absolute atomic E-state index is 0.173. The first-order valence-corrected chi connectivity index (χ1v) is 5.63. The third-order valence-electron chi connectivity index (χ3n) is 2.99. The summed E-state index contributed by atoms with van der Waals surface area (Å²) >= 11 is 0. The molecule has 0 saturated carbocycles. The highest BCUT2D eigenvalue weighted by molar-refractivity contribution is 5.38. The van der Waals surface area contributed by atoms with Crippen molar-refractivity contribution in [3.63, 3.8) is 0 Å². The second-order valence-corrected chi connectivity index (χ2v) is 4.13. The number of nitrogens with zero attached hydrogens (tertiary/aromatic N) is 2. The fraction of sp³-hybridized carbons (Fsp3) is 0.545. The fourth-order valence-electron chi connectivity index (χ4n) is 2.02. The number of rotatable bonds is 2. The van der Waals surface area contributed by atoms with Crippen molar-refractivity contribution in [2.45, 2.75) is 38.2 Å². The molecule has 0 unspecified atom stereocenters. The Labute approximate surface area is 102 Å². The summed E-state index contributed by atoms with van der Waals surface area (Å²) in [6.45, 7) is 8.71. The van der Waals surface area contributed by atoms with Gasteiger partial charge in [-0.15, -0.1) is 0 Å². The normalized spacial score (nSPS) is 27.1. The van der Waals surface area contributed by atoms with Gasteiger partial charge >= 0.3 is 5.69 Å². The first kappa shape index (κ1) is 12.5. The highest BCUT2D eigenvalue weighted by Crippen LogP contribution is 2.29. The van der Waals surface area contributed by atoms with Crippen LogP contribution in [-0.2, 0) is 4.74 Å². The maximum Gasteiger partial charge on any atom is 0.328 e. The van der Waals surface area contributed by atoms with E-state index in [1.165, 1.54) is 6.20 Å². The molecule has 2 heterocycles. The van der Waals surface area contributed by atoms with Gasteiger partial charge in [0.25, 0.3) is 11.2 Å². The highest BCUT2D eigenvalue weighted by atomic mass is 16.5. The number of aliphatic hydroxyl groups is 1. The molecule has 1 aliphatic rings. The quantitative estimate of drug-likeness (QED) is 0.732. The molecule has 1 aliphatic heterocycles. The van der Waals surface area contributed by atoms with Crippen LogP contribution in [0.2, 0.25) is 0 Å². The lowest BCUT2D eigenvalue weighted by Crippen LogP contribution is -2.31. The van der Waals surface area contributed by atoms with E-state index in [9.17, 15) is 14.7 Å². The van der Waals surface area contributed by atoms with Gasteiger partial charge in [0.2, 0.25) is 0 Å². The smallest absolute Gasteiger partial charge is 0.328 e. The molecule has 7 heteroatoms. The van der Waals surface area contributed by atoms with Crippen LogP contribution < -0.4 is 11.2 Å². The maximum atomic E-state index is 11.6. The van der Waals surface area contributed by atoms with Crippen LogP contribution in [0.15, 0.2) is 15.8 Å². The molecule has 2 rings (SSSR count). The van der Waals surface area contributed by atoms with Crippen LogP contribution in [0.25, 0.3) is 4.85 Å². The van der Waals surface area contributed by atoms with Gasteiger partial charge in [-0.25, -0.2) is 9.64 Å². The van der Waals surface area contributed by atoms with Crippen molar-refractivity contribution in [1.82, 2.24) is 9.55 Å². The highest BCUT2D eigenvalue weighted by Gasteiger charge is 2.34. The summed E-state index contributed by atoms with van der Waals surface area (Å²) in [7, 11) is 0. The Morgan fingerprint density at radius 2 is 2.39 bits per heavy atom. The number of ether oxygens (including phenoxy) is 1. The predicted octanol–water partition coefficient (Wildman–Crippen LogP) is 0.146. The van der Waals surface area contributed by atoms with Crippen molar-refractivity contribution < 1.29 is 9.84 Å². The molecule has 0 amide bonds. The summed E-state index contributed by atoms with van der Waals surface area (Å²) in [5.74, 6) is 0. The van der Waals surface area contributed by atoms with Gasteiger partial charge in [-0.3, -0.25) is 14.3 Å². The zero-order chi connectivity index (χ0) is 13.3. The molecule has 7 nitrogen and oxygen atoms in total. The van der Waals surface area contributed by atoms with Crippen molar-refractivity contribution in [2.24, 2.45) is 0 Å². The molecule has 96 valence electrons. The summed E-state index contributed by atoms with van der Waals surface area (Å²) < 4.78 is 6.66. The molecule has 1 aromatic heterocycles. The van der Waals surface area contributed by atoms with Crippen LogP contribution in [0.4, 0.5) is 5.69 Å². The van der Waals surface area contributed by atoms with Gasteiger partial charge in [0.05, 0.1) is 18.8 Å². The van der Waals surface area contributed by atoms with Crippen LogP contribution >= 0.6 is 0 Å². The van der Waals surface area contributed by atoms with Crippen LogP contribution in [0.5, 0.6) is 0 Å². The summed E-state index contributed by atoms with van der Waals surface area (Å²) in [5.41, 5.74) is -1.52. The first-order valence-electron chi connectivity index (χ1n) is 5.63. The predicted molar refractivity (Wildman–Crippen MR) is 62.4 cm³/mol. The van der Waals surface area contributed by atoms with Crippen LogP contribution in [0.1, 0.15) is 26.0 Å². The van der Waals surface area contributed by atoms with Crippen LogP contribution in [0, 0.1) is 6.57 Å². The molecule has 18 heavy (non-hydrogen) atoms. The summed E-state index contributed by atoms with van der Waals surface area (Å²) in [5, 5.41) is 9.72. The van der Waals surface area contributed by atoms with E-state index in [0.717, 1.165) is 4.57 Å². The van der Waals surface area contributed by atoms with E-state index in [0.29, 0.717) is 6.42 Å². The molecule has 0 aliphatic carbocycles. The average molecular weight is 251 g/mol. The molecule has 1 aromatic rings. The Kier molecular flexibility index (Phi) is 3.32. The third kappa shape index (κ3) is 2.08. The molecule has 2 N–H and O–H groups in total. The summed E-state index contributed by atoms with van der Waals surface area (Å²) in [6.07, 6.45) is 0.451. The van der Waals surface area contributed by atoms with Gasteiger partial charge in [0.15, 0.2) is 0 Å². The van der Waals surface area contributed by atoms with Gasteiger partial charge in [0.1, 0.15) is 6.23 Å². The third-order valence-corrected chi connectivity index (χ3v) is 2.99. The van der Waals surface area contributed by atoms with Gasteiger partial charge in [-0.2, -0.15) is 0 Å². The fourth-order valence-corrected chi connectivity index (χ4v) is 2.02. The Bertz CT molecular complexity index is 598. The molecular weight excluding hydrogens is 238 g/mol. The first-order chi connectivity index (χ1) is 8.56. The van der Waals surface area contributed by atoms with Crippen molar-refractivity contribution >= 4 is 5.69 Å². The van der Waals surface area contributed by atoms with Gasteiger partial charge < -0.3 is 9.84 Å². The zero-order valence-electron chi connectivity index (χ0n) is 9.79. The molecule has 0 spiro atoms. The molecule has 0 radical (unpaired) electrons. The number of nitrogens with one attached hydrogen (secondary N) is 1. The van der Waals surface area contributed by atoms with E-state index in [1.807, 2.05) is 6.92 Å². The molecule has 1 fully saturated rings. The molecule has 1 saturated heterocycles. The van der Waals surface area contributed by atoms with E-state index in [4.69, 9.17) is 11.3 Å². The Morgan fingerprint density at radius 3 is 2.94 bits per heavy atom. The van der Waals surface area contributed by atoms with E-state index in [2.05, 4.69) is 9.83 Å². The largest absolute Gasteiger partial charge is 0.390 e. The van der Waals surface area contributed by atoms with E-state index >= 15 is 0 Å². The number of aromatic amines is 1. The molecule has 0 bridgehead atoms. The van der Waals surface area contributed by atoms with Gasteiger partial charge in [0, 0.05) is 12.6 Å². The Hall–Kier alpha value is -1.91. The monoisotopic (exact) mass is 251 g/mol. The van der Waals surface area contributed by atoms with E-state index in [1.54, 1.807) is 0 Å². The van der Waals surface area contributed by atoms with Crippen molar-refractivity contribution in [3.05, 3.63) is 38.5 Å². The Balaban J connectivity index is 2.39. The second kappa shape index (κ2) is 4.76. The minimum atomic E-state index is -0.711. The molecular formula is C11H13N3O4. The van der Waals surface area contributed by atoms with Crippen molar-refractivity contribution in [2.75, 3.05) is 0 Å². The Morgan fingerprint density at radius 1 is 1.67 bits per heavy atom. The van der Waals surface area contributed by atoms with E-state index in [-0.39, 0.29) is 18.2 Å². The lowest BCUT2D eigenvalue weighted by molar-refractivity contribution is -0.0216. The van der Waals surface area contributed by atoms with Gasteiger partial charge in [-0.1, -0.05) is 6.92 Å². The SMILES string of the molecule is [C-]#[N+]c1cn([C@H]2C[C@@H](O)[C@@H](CC)O2)c(=O)[nH]c1=O. The van der Waals surface area contributed by atoms with Gasteiger partial charge in [-0.05, 0) is 6.42 Å². The number of aromatic nitrogens is 2. The second-order valence-electron chi connectivity index (χ2n) is 4.13. The lowest BCUT2D eigenvalue weighted by atomic mass is 10.1. The summed E-state index contributed by atoms with van der Waals surface area (Å²) in [4.78, 5) is 28.0.